The smallest absolute Gasteiger partial charge is 0.325 e. The van der Waals surface area contributed by atoms with Crippen LogP contribution in [0.1, 0.15) is 13.3 Å². The Morgan fingerprint density at radius 2 is 1.96 bits per heavy atom. The van der Waals surface area contributed by atoms with Gasteiger partial charge in [-0.15, -0.1) is 0 Å². The van der Waals surface area contributed by atoms with E-state index in [2.05, 4.69) is 10.1 Å². The minimum Gasteiger partial charge on any atom is -0.468 e. The Kier molecular flexibility index (Phi) is 5.86. The van der Waals surface area contributed by atoms with E-state index in [0.29, 0.717) is 12.2 Å². The first-order valence-corrected chi connectivity index (χ1v) is 7.92. The number of nitrogens with zero attached hydrogens (tertiary/aromatic N) is 2. The van der Waals surface area contributed by atoms with E-state index in [9.17, 15) is 14.4 Å². The van der Waals surface area contributed by atoms with Crippen molar-refractivity contribution in [1.82, 2.24) is 9.80 Å². The first-order valence-electron chi connectivity index (χ1n) is 7.51. The number of anilines is 1. The van der Waals surface area contributed by atoms with Gasteiger partial charge in [0.25, 0.3) is 5.91 Å². The zero-order valence-electron chi connectivity index (χ0n) is 13.5. The SMILES string of the molecule is CCN1C(=O)C(CC(=O)Nc2ccccc2)N(CC(=O)OC)C1=S. The molecule has 1 atom stereocenters. The largest absolute Gasteiger partial charge is 0.468 e. The number of carbonyl (C=O) groups is 3. The maximum atomic E-state index is 12.5. The summed E-state index contributed by atoms with van der Waals surface area (Å²) in [6.45, 7) is 2.00. The van der Waals surface area contributed by atoms with Gasteiger partial charge >= 0.3 is 5.97 Å². The molecule has 2 rings (SSSR count). The summed E-state index contributed by atoms with van der Waals surface area (Å²) in [5, 5.41) is 2.97. The molecule has 2 amide bonds. The third-order valence-electron chi connectivity index (χ3n) is 3.68. The van der Waals surface area contributed by atoms with Crippen LogP contribution in [0.25, 0.3) is 0 Å². The molecule has 1 N–H and O–H groups in total. The number of benzene rings is 1. The number of para-hydroxylation sites is 1. The number of rotatable bonds is 6. The van der Waals surface area contributed by atoms with Gasteiger partial charge in [0.05, 0.1) is 13.5 Å². The van der Waals surface area contributed by atoms with Crippen molar-refractivity contribution in [3.05, 3.63) is 30.3 Å². The van der Waals surface area contributed by atoms with Gasteiger partial charge in [-0.3, -0.25) is 19.3 Å². The molecular formula is C16H19N3O4S. The lowest BCUT2D eigenvalue weighted by Gasteiger charge is -2.22. The van der Waals surface area contributed by atoms with Crippen LogP contribution < -0.4 is 5.32 Å². The van der Waals surface area contributed by atoms with Crippen molar-refractivity contribution >= 4 is 40.8 Å². The Balaban J connectivity index is 2.11. The number of ether oxygens (including phenoxy) is 1. The van der Waals surface area contributed by atoms with E-state index in [1.807, 2.05) is 6.07 Å². The lowest BCUT2D eigenvalue weighted by atomic mass is 10.1. The summed E-state index contributed by atoms with van der Waals surface area (Å²) in [6, 6.07) is 8.14. The zero-order chi connectivity index (χ0) is 17.7. The Hall–Kier alpha value is -2.48. The lowest BCUT2D eigenvalue weighted by molar-refractivity contribution is -0.141. The van der Waals surface area contributed by atoms with Crippen LogP contribution in [0.4, 0.5) is 5.69 Å². The van der Waals surface area contributed by atoms with E-state index in [1.165, 1.54) is 16.9 Å². The lowest BCUT2D eigenvalue weighted by Crippen LogP contribution is -2.41. The molecule has 0 spiro atoms. The molecule has 1 aliphatic heterocycles. The molecule has 1 heterocycles. The van der Waals surface area contributed by atoms with Crippen molar-refractivity contribution < 1.29 is 19.1 Å². The van der Waals surface area contributed by atoms with Crippen LogP contribution in [0, 0.1) is 0 Å². The average molecular weight is 349 g/mol. The minimum atomic E-state index is -0.805. The van der Waals surface area contributed by atoms with E-state index < -0.39 is 12.0 Å². The monoisotopic (exact) mass is 349 g/mol. The summed E-state index contributed by atoms with van der Waals surface area (Å²) < 4.78 is 4.64. The molecule has 7 nitrogen and oxygen atoms in total. The Bertz CT molecular complexity index is 650. The Labute approximate surface area is 145 Å². The van der Waals surface area contributed by atoms with Gasteiger partial charge in [-0.2, -0.15) is 0 Å². The minimum absolute atomic E-state index is 0.0959. The molecule has 1 saturated heterocycles. The van der Waals surface area contributed by atoms with Crippen LogP contribution in [0.2, 0.25) is 0 Å². The first kappa shape index (κ1) is 17.9. The summed E-state index contributed by atoms with van der Waals surface area (Å²) >= 11 is 5.26. The van der Waals surface area contributed by atoms with Crippen molar-refractivity contribution in [3.63, 3.8) is 0 Å². The molecule has 0 bridgehead atoms. The number of likely N-dealkylation sites (N-methyl/N-ethyl adjacent to an activating group) is 1. The van der Waals surface area contributed by atoms with Crippen molar-refractivity contribution in [2.75, 3.05) is 25.5 Å². The van der Waals surface area contributed by atoms with E-state index in [1.54, 1.807) is 31.2 Å². The van der Waals surface area contributed by atoms with Crippen LogP contribution in [0.5, 0.6) is 0 Å². The number of amides is 2. The number of methoxy groups -OCH3 is 1. The highest BCUT2D eigenvalue weighted by molar-refractivity contribution is 7.80. The maximum Gasteiger partial charge on any atom is 0.325 e. The zero-order valence-corrected chi connectivity index (χ0v) is 14.3. The topological polar surface area (TPSA) is 79.0 Å². The Morgan fingerprint density at radius 1 is 1.29 bits per heavy atom. The Morgan fingerprint density at radius 3 is 2.54 bits per heavy atom. The third kappa shape index (κ3) is 3.88. The fourth-order valence-corrected chi connectivity index (χ4v) is 2.89. The molecule has 24 heavy (non-hydrogen) atoms. The fraction of sp³-hybridized carbons (Fsp3) is 0.375. The summed E-state index contributed by atoms with van der Waals surface area (Å²) in [5.74, 6) is -1.12. The van der Waals surface area contributed by atoms with E-state index in [-0.39, 0.29) is 29.9 Å². The normalized spacial score (nSPS) is 17.2. The maximum absolute atomic E-state index is 12.5. The molecule has 1 aromatic carbocycles. The highest BCUT2D eigenvalue weighted by Gasteiger charge is 2.43. The number of carbonyl (C=O) groups excluding carboxylic acids is 3. The van der Waals surface area contributed by atoms with E-state index >= 15 is 0 Å². The van der Waals surface area contributed by atoms with Gasteiger partial charge in [0.15, 0.2) is 5.11 Å². The number of nitrogens with one attached hydrogen (secondary N) is 1. The van der Waals surface area contributed by atoms with Crippen molar-refractivity contribution in [3.8, 4) is 0 Å². The second kappa shape index (κ2) is 7.87. The van der Waals surface area contributed by atoms with Gasteiger partial charge in [-0.1, -0.05) is 18.2 Å². The molecule has 0 aromatic heterocycles. The molecule has 1 unspecified atom stereocenters. The fourth-order valence-electron chi connectivity index (χ4n) is 2.47. The van der Waals surface area contributed by atoms with Crippen LogP contribution >= 0.6 is 12.2 Å². The number of esters is 1. The molecule has 128 valence electrons. The molecule has 1 aliphatic rings. The van der Waals surface area contributed by atoms with Gasteiger partial charge in [0.2, 0.25) is 5.91 Å². The highest BCUT2D eigenvalue weighted by atomic mass is 32.1. The second-order valence-corrected chi connectivity index (χ2v) is 5.57. The third-order valence-corrected chi connectivity index (χ3v) is 4.14. The van der Waals surface area contributed by atoms with Crippen LogP contribution in [0.3, 0.4) is 0 Å². The molecule has 8 heteroatoms. The molecule has 1 fully saturated rings. The van der Waals surface area contributed by atoms with Gasteiger partial charge in [0, 0.05) is 12.2 Å². The van der Waals surface area contributed by atoms with Gasteiger partial charge < -0.3 is 15.0 Å². The summed E-state index contributed by atoms with van der Waals surface area (Å²) in [5.41, 5.74) is 0.641. The summed E-state index contributed by atoms with van der Waals surface area (Å²) in [6.07, 6.45) is -0.0959. The number of hydrogen-bond acceptors (Lipinski definition) is 5. The predicted molar refractivity (Wildman–Crippen MR) is 92.2 cm³/mol. The van der Waals surface area contributed by atoms with Crippen molar-refractivity contribution in [2.24, 2.45) is 0 Å². The molecule has 0 radical (unpaired) electrons. The highest BCUT2D eigenvalue weighted by Crippen LogP contribution is 2.21. The van der Waals surface area contributed by atoms with Gasteiger partial charge in [0.1, 0.15) is 12.6 Å². The molecule has 0 saturated carbocycles. The standard InChI is InChI=1S/C16H19N3O4S/c1-3-18-15(22)12(19(16(18)24)10-14(21)23-2)9-13(20)17-11-7-5-4-6-8-11/h4-8,12H,3,9-10H2,1-2H3,(H,17,20). The van der Waals surface area contributed by atoms with Gasteiger partial charge in [-0.25, -0.2) is 0 Å². The molecule has 0 aliphatic carbocycles. The number of hydrogen-bond donors (Lipinski definition) is 1. The first-order chi connectivity index (χ1) is 11.5. The summed E-state index contributed by atoms with van der Waals surface area (Å²) in [7, 11) is 1.26. The summed E-state index contributed by atoms with van der Waals surface area (Å²) in [4.78, 5) is 39.1. The van der Waals surface area contributed by atoms with Gasteiger partial charge in [-0.05, 0) is 31.3 Å². The van der Waals surface area contributed by atoms with E-state index in [0.717, 1.165) is 0 Å². The number of thiocarbonyl (C=S) groups is 1. The molecular weight excluding hydrogens is 330 g/mol. The van der Waals surface area contributed by atoms with Crippen molar-refractivity contribution in [2.45, 2.75) is 19.4 Å². The van der Waals surface area contributed by atoms with Crippen molar-refractivity contribution in [1.29, 1.82) is 0 Å². The van der Waals surface area contributed by atoms with Crippen LogP contribution in [0.15, 0.2) is 30.3 Å². The van der Waals surface area contributed by atoms with Crippen LogP contribution in [-0.2, 0) is 19.1 Å². The van der Waals surface area contributed by atoms with E-state index in [4.69, 9.17) is 12.2 Å². The second-order valence-electron chi connectivity index (χ2n) is 5.20. The quantitative estimate of drug-likeness (QED) is 0.610. The predicted octanol–water partition coefficient (Wildman–Crippen LogP) is 1.01. The average Bonchev–Trinajstić information content (AvgIpc) is 2.79. The molecule has 1 aromatic rings. The van der Waals surface area contributed by atoms with Crippen LogP contribution in [-0.4, -0.2) is 58.9 Å².